The van der Waals surface area contributed by atoms with Gasteiger partial charge in [0.2, 0.25) is 5.09 Å². The molecular weight excluding hydrogens is 456 g/mol. The highest BCUT2D eigenvalue weighted by molar-refractivity contribution is 7.92. The Balaban J connectivity index is 1.68. The lowest BCUT2D eigenvalue weighted by Gasteiger charge is -2.19. The molecule has 0 atom stereocenters. The SMILES string of the molecule is CN(C)S(=O)(=O)c1ccc(COC(=O)c2ccc(S(=O)(=O)N(C)c3ccccc3)cc2)o1. The number of esters is 1. The average Bonchev–Trinajstić information content (AvgIpc) is 3.27. The van der Waals surface area contributed by atoms with Crippen LogP contribution in [0.4, 0.5) is 5.69 Å². The van der Waals surface area contributed by atoms with Crippen LogP contribution in [-0.2, 0) is 31.4 Å². The van der Waals surface area contributed by atoms with Crippen LogP contribution in [0.15, 0.2) is 81.1 Å². The number of sulfonamides is 2. The van der Waals surface area contributed by atoms with Crippen molar-refractivity contribution >= 4 is 31.7 Å². The van der Waals surface area contributed by atoms with E-state index < -0.39 is 26.0 Å². The van der Waals surface area contributed by atoms with Gasteiger partial charge in [0.05, 0.1) is 16.1 Å². The van der Waals surface area contributed by atoms with E-state index in [1.165, 1.54) is 57.5 Å². The quantitative estimate of drug-likeness (QED) is 0.457. The topological polar surface area (TPSA) is 114 Å². The van der Waals surface area contributed by atoms with Crippen LogP contribution < -0.4 is 4.31 Å². The highest BCUT2D eigenvalue weighted by atomic mass is 32.2. The molecule has 0 aliphatic heterocycles. The van der Waals surface area contributed by atoms with Crippen molar-refractivity contribution in [2.45, 2.75) is 16.6 Å². The van der Waals surface area contributed by atoms with Crippen LogP contribution in [0.3, 0.4) is 0 Å². The summed E-state index contributed by atoms with van der Waals surface area (Å²) in [6, 6.07) is 16.6. The van der Waals surface area contributed by atoms with E-state index in [1.807, 2.05) is 0 Å². The van der Waals surface area contributed by atoms with Gasteiger partial charge in [-0.3, -0.25) is 4.31 Å². The molecule has 3 aromatic rings. The van der Waals surface area contributed by atoms with Crippen molar-refractivity contribution < 1.29 is 30.8 Å². The van der Waals surface area contributed by atoms with Crippen molar-refractivity contribution in [3.8, 4) is 0 Å². The molecule has 32 heavy (non-hydrogen) atoms. The molecule has 1 heterocycles. The molecule has 0 aliphatic rings. The summed E-state index contributed by atoms with van der Waals surface area (Å²) in [5, 5.41) is -0.259. The molecule has 0 unspecified atom stereocenters. The maximum atomic E-state index is 12.8. The van der Waals surface area contributed by atoms with Crippen LogP contribution in [0, 0.1) is 0 Å². The molecule has 3 rings (SSSR count). The number of furan rings is 1. The minimum atomic E-state index is -3.80. The molecule has 0 amide bonds. The van der Waals surface area contributed by atoms with Gasteiger partial charge in [-0.15, -0.1) is 0 Å². The summed E-state index contributed by atoms with van der Waals surface area (Å²) in [7, 11) is -3.34. The Morgan fingerprint density at radius 3 is 2.06 bits per heavy atom. The molecule has 0 saturated heterocycles. The third-order valence-corrected chi connectivity index (χ3v) is 8.07. The molecule has 170 valence electrons. The van der Waals surface area contributed by atoms with Gasteiger partial charge in [0.25, 0.3) is 20.0 Å². The number of ether oxygens (including phenoxy) is 1. The zero-order chi connectivity index (χ0) is 23.5. The largest absolute Gasteiger partial charge is 0.454 e. The van der Waals surface area contributed by atoms with Gasteiger partial charge in [-0.2, -0.15) is 0 Å². The van der Waals surface area contributed by atoms with Crippen LogP contribution in [-0.4, -0.2) is 48.3 Å². The number of carbonyl (C=O) groups excluding carboxylic acids is 1. The highest BCUT2D eigenvalue weighted by Crippen LogP contribution is 2.22. The summed E-state index contributed by atoms with van der Waals surface area (Å²) < 4.78 is 62.2. The van der Waals surface area contributed by atoms with Crippen molar-refractivity contribution in [2.24, 2.45) is 0 Å². The lowest BCUT2D eigenvalue weighted by Crippen LogP contribution is -2.26. The van der Waals surface area contributed by atoms with E-state index in [0.717, 1.165) is 8.61 Å². The van der Waals surface area contributed by atoms with E-state index in [9.17, 15) is 21.6 Å². The third-order valence-electron chi connectivity index (χ3n) is 4.59. The first kappa shape index (κ1) is 23.5. The molecule has 0 radical (unpaired) electrons. The fraction of sp³-hybridized carbons (Fsp3) is 0.190. The molecule has 9 nitrogen and oxygen atoms in total. The number of nitrogens with zero attached hydrogens (tertiary/aromatic N) is 2. The standard InChI is InChI=1S/C21H22N2O7S2/c1-22(2)32(27,28)20-14-11-18(30-20)15-29-21(24)16-9-12-19(13-10-16)31(25,26)23(3)17-7-5-4-6-8-17/h4-14H,15H2,1-3H3. The smallest absolute Gasteiger partial charge is 0.338 e. The minimum absolute atomic E-state index is 0.0185. The third kappa shape index (κ3) is 4.85. The van der Waals surface area contributed by atoms with Crippen LogP contribution >= 0.6 is 0 Å². The van der Waals surface area contributed by atoms with Gasteiger partial charge in [-0.25, -0.2) is 25.9 Å². The number of rotatable bonds is 8. The van der Waals surface area contributed by atoms with E-state index in [0.29, 0.717) is 5.69 Å². The predicted molar refractivity (Wildman–Crippen MR) is 117 cm³/mol. The second kappa shape index (κ2) is 9.15. The summed E-state index contributed by atoms with van der Waals surface area (Å²) in [5.41, 5.74) is 0.643. The number of anilines is 1. The van der Waals surface area contributed by atoms with Crippen LogP contribution in [0.2, 0.25) is 0 Å². The Kier molecular flexibility index (Phi) is 6.72. The van der Waals surface area contributed by atoms with Gasteiger partial charge in [0, 0.05) is 21.1 Å². The summed E-state index contributed by atoms with van der Waals surface area (Å²) >= 11 is 0. The normalized spacial score (nSPS) is 12.0. The lowest BCUT2D eigenvalue weighted by atomic mass is 10.2. The molecule has 0 spiro atoms. The number of carbonyl (C=O) groups is 1. The first-order valence-corrected chi connectivity index (χ1v) is 12.2. The zero-order valence-electron chi connectivity index (χ0n) is 17.6. The number of para-hydroxylation sites is 1. The fourth-order valence-electron chi connectivity index (χ4n) is 2.67. The number of hydrogen-bond donors (Lipinski definition) is 0. The van der Waals surface area contributed by atoms with E-state index in [-0.39, 0.29) is 27.9 Å². The Labute approximate surface area is 186 Å². The first-order chi connectivity index (χ1) is 15.0. The van der Waals surface area contributed by atoms with Crippen molar-refractivity contribution in [2.75, 3.05) is 25.4 Å². The Hall–Kier alpha value is -3.15. The Morgan fingerprint density at radius 2 is 1.47 bits per heavy atom. The van der Waals surface area contributed by atoms with Gasteiger partial charge >= 0.3 is 5.97 Å². The van der Waals surface area contributed by atoms with E-state index in [1.54, 1.807) is 30.3 Å². The zero-order valence-corrected chi connectivity index (χ0v) is 19.3. The maximum Gasteiger partial charge on any atom is 0.338 e. The predicted octanol–water partition coefficient (Wildman–Crippen LogP) is 2.71. The first-order valence-electron chi connectivity index (χ1n) is 9.36. The summed E-state index contributed by atoms with van der Waals surface area (Å²) in [6.07, 6.45) is 0. The van der Waals surface area contributed by atoms with Gasteiger partial charge in [-0.05, 0) is 48.5 Å². The summed E-state index contributed by atoms with van der Waals surface area (Å²) in [5.74, 6) is -0.554. The summed E-state index contributed by atoms with van der Waals surface area (Å²) in [6.45, 7) is -0.279. The van der Waals surface area contributed by atoms with Gasteiger partial charge in [-0.1, -0.05) is 18.2 Å². The van der Waals surface area contributed by atoms with Crippen molar-refractivity contribution in [1.29, 1.82) is 0 Å². The average molecular weight is 479 g/mol. The molecule has 1 aromatic heterocycles. The molecule has 0 fully saturated rings. The Bertz CT molecular complexity index is 1300. The second-order valence-corrected chi connectivity index (χ2v) is 11.0. The fourth-order valence-corrected chi connectivity index (χ4v) is 4.68. The van der Waals surface area contributed by atoms with E-state index >= 15 is 0 Å². The van der Waals surface area contributed by atoms with E-state index in [4.69, 9.17) is 9.15 Å². The van der Waals surface area contributed by atoms with Gasteiger partial charge in [0.1, 0.15) is 12.4 Å². The molecule has 0 saturated carbocycles. The second-order valence-electron chi connectivity index (χ2n) is 6.92. The molecule has 0 aliphatic carbocycles. The molecule has 11 heteroatoms. The minimum Gasteiger partial charge on any atom is -0.454 e. The van der Waals surface area contributed by atoms with E-state index in [2.05, 4.69) is 0 Å². The lowest BCUT2D eigenvalue weighted by molar-refractivity contribution is 0.0440. The molecule has 0 N–H and O–H groups in total. The van der Waals surface area contributed by atoms with Crippen molar-refractivity contribution in [3.05, 3.63) is 78.1 Å². The van der Waals surface area contributed by atoms with Gasteiger partial charge in [0.15, 0.2) is 0 Å². The monoisotopic (exact) mass is 478 g/mol. The van der Waals surface area contributed by atoms with Crippen molar-refractivity contribution in [1.82, 2.24) is 4.31 Å². The van der Waals surface area contributed by atoms with Crippen LogP contribution in [0.25, 0.3) is 0 Å². The van der Waals surface area contributed by atoms with Crippen LogP contribution in [0.5, 0.6) is 0 Å². The summed E-state index contributed by atoms with van der Waals surface area (Å²) in [4.78, 5) is 12.3. The molecule has 0 bridgehead atoms. The van der Waals surface area contributed by atoms with Gasteiger partial charge < -0.3 is 9.15 Å². The highest BCUT2D eigenvalue weighted by Gasteiger charge is 2.23. The van der Waals surface area contributed by atoms with Crippen molar-refractivity contribution in [3.63, 3.8) is 0 Å². The Morgan fingerprint density at radius 1 is 0.844 bits per heavy atom. The number of hydrogen-bond acceptors (Lipinski definition) is 7. The van der Waals surface area contributed by atoms with Crippen LogP contribution in [0.1, 0.15) is 16.1 Å². The maximum absolute atomic E-state index is 12.8. The molecular formula is C21H22N2O7S2. The molecule has 2 aromatic carbocycles. The number of benzene rings is 2.